The topological polar surface area (TPSA) is 94.8 Å². The van der Waals surface area contributed by atoms with Crippen LogP contribution in [0.25, 0.3) is 17.4 Å². The minimum atomic E-state index is -1.33. The van der Waals surface area contributed by atoms with E-state index in [1.165, 1.54) is 6.08 Å². The number of nitrogens with zero attached hydrogens (tertiary/aromatic N) is 2. The zero-order valence-corrected chi connectivity index (χ0v) is 14.0. The minimum absolute atomic E-state index is 0.0500. The van der Waals surface area contributed by atoms with Crippen LogP contribution in [0.15, 0.2) is 50.9 Å². The summed E-state index contributed by atoms with van der Waals surface area (Å²) in [7, 11) is 0. The Bertz CT molecular complexity index is 899. The van der Waals surface area contributed by atoms with E-state index < -0.39 is 5.97 Å². The van der Waals surface area contributed by atoms with Gasteiger partial charge in [-0.2, -0.15) is 0 Å². The molecule has 0 saturated heterocycles. The molecular weight excluding hydrogens is 350 g/mol. The number of thioether (sulfide) groups is 1. The molecule has 0 amide bonds. The van der Waals surface area contributed by atoms with Crippen LogP contribution in [0.2, 0.25) is 5.02 Å². The van der Waals surface area contributed by atoms with E-state index in [1.807, 2.05) is 12.1 Å². The molecule has 0 spiro atoms. The summed E-state index contributed by atoms with van der Waals surface area (Å²) in [5.74, 6) is 0.262. The second-order valence-corrected chi connectivity index (χ2v) is 6.26. The summed E-state index contributed by atoms with van der Waals surface area (Å²) in [6.45, 7) is 1.73. The lowest BCUT2D eigenvalue weighted by atomic mass is 10.2. The van der Waals surface area contributed by atoms with E-state index in [9.17, 15) is 9.90 Å². The summed E-state index contributed by atoms with van der Waals surface area (Å²) in [4.78, 5) is 15.3. The highest BCUT2D eigenvalue weighted by atomic mass is 35.5. The molecule has 0 atom stereocenters. The number of benzene rings is 1. The van der Waals surface area contributed by atoms with Crippen molar-refractivity contribution in [2.24, 2.45) is 0 Å². The van der Waals surface area contributed by atoms with Crippen molar-refractivity contribution in [2.75, 3.05) is 0 Å². The Hall–Kier alpha value is -2.51. The number of H-pyrrole nitrogens is 1. The maximum atomic E-state index is 11.3. The highest BCUT2D eigenvalue weighted by molar-refractivity contribution is 8.04. The van der Waals surface area contributed by atoms with Crippen molar-refractivity contribution in [3.8, 4) is 11.3 Å². The summed E-state index contributed by atoms with van der Waals surface area (Å²) in [5, 5.41) is 18.8. The molecule has 0 saturated carbocycles. The number of hydrogen-bond donors (Lipinski definition) is 1. The van der Waals surface area contributed by atoms with Crippen LogP contribution in [0, 0.1) is 6.92 Å². The number of carboxylic acid groups (broad SMARTS) is 1. The van der Waals surface area contributed by atoms with Crippen LogP contribution >= 0.6 is 23.4 Å². The number of rotatable bonds is 5. The van der Waals surface area contributed by atoms with Crippen LogP contribution < -0.4 is 5.11 Å². The molecule has 0 radical (unpaired) electrons. The third-order valence-corrected chi connectivity index (χ3v) is 4.13. The van der Waals surface area contributed by atoms with Gasteiger partial charge in [-0.1, -0.05) is 11.6 Å². The average molecular weight is 361 g/mol. The molecule has 0 fully saturated rings. The summed E-state index contributed by atoms with van der Waals surface area (Å²) < 4.78 is 5.66. The quantitative estimate of drug-likeness (QED) is 0.555. The molecular formula is C16H11ClN3O3S-. The van der Waals surface area contributed by atoms with Gasteiger partial charge in [0.05, 0.1) is 5.97 Å². The van der Waals surface area contributed by atoms with E-state index in [0.29, 0.717) is 27.5 Å². The Morgan fingerprint density at radius 3 is 2.67 bits per heavy atom. The van der Waals surface area contributed by atoms with Crippen molar-refractivity contribution in [3.05, 3.63) is 57.9 Å². The Balaban J connectivity index is 1.85. The monoisotopic (exact) mass is 360 g/mol. The Morgan fingerprint density at radius 1 is 1.29 bits per heavy atom. The van der Waals surface area contributed by atoms with Gasteiger partial charge in [0.25, 0.3) is 0 Å². The first-order valence-corrected chi connectivity index (χ1v) is 8.06. The second kappa shape index (κ2) is 6.94. The van der Waals surface area contributed by atoms with E-state index in [2.05, 4.69) is 15.2 Å². The minimum Gasteiger partial charge on any atom is -0.544 e. The predicted molar refractivity (Wildman–Crippen MR) is 89.1 cm³/mol. The van der Waals surface area contributed by atoms with Gasteiger partial charge in [-0.25, -0.2) is 4.98 Å². The lowest BCUT2D eigenvalue weighted by Gasteiger charge is -2.04. The number of aryl methyl sites for hydroxylation is 1. The van der Waals surface area contributed by atoms with Crippen molar-refractivity contribution < 1.29 is 14.3 Å². The van der Waals surface area contributed by atoms with Gasteiger partial charge in [0.1, 0.15) is 17.3 Å². The third-order valence-electron chi connectivity index (χ3n) is 3.01. The van der Waals surface area contributed by atoms with Gasteiger partial charge in [-0.3, -0.25) is 5.10 Å². The average Bonchev–Trinajstić information content (AvgIpc) is 3.17. The molecule has 24 heavy (non-hydrogen) atoms. The Kier molecular flexibility index (Phi) is 4.73. The Morgan fingerprint density at radius 2 is 2.04 bits per heavy atom. The van der Waals surface area contributed by atoms with Crippen LogP contribution in [0.3, 0.4) is 0 Å². The molecule has 0 bridgehead atoms. The van der Waals surface area contributed by atoms with Gasteiger partial charge >= 0.3 is 0 Å². The zero-order valence-electron chi connectivity index (χ0n) is 12.4. The van der Waals surface area contributed by atoms with E-state index in [0.717, 1.165) is 17.3 Å². The smallest absolute Gasteiger partial charge is 0.213 e. The van der Waals surface area contributed by atoms with E-state index >= 15 is 0 Å². The molecule has 1 aromatic carbocycles. The van der Waals surface area contributed by atoms with Crippen LogP contribution in [-0.2, 0) is 4.79 Å². The number of hydrogen-bond acceptors (Lipinski definition) is 6. The molecule has 3 rings (SSSR count). The van der Waals surface area contributed by atoms with Crippen molar-refractivity contribution in [1.82, 2.24) is 15.2 Å². The van der Waals surface area contributed by atoms with Crippen molar-refractivity contribution in [3.63, 3.8) is 0 Å². The van der Waals surface area contributed by atoms with Gasteiger partial charge in [-0.05, 0) is 61.2 Å². The van der Waals surface area contributed by atoms with Gasteiger partial charge in [-0.15, -0.1) is 5.10 Å². The van der Waals surface area contributed by atoms with E-state index in [1.54, 1.807) is 31.2 Å². The van der Waals surface area contributed by atoms with E-state index in [-0.39, 0.29) is 4.91 Å². The largest absolute Gasteiger partial charge is 0.544 e. The summed E-state index contributed by atoms with van der Waals surface area (Å²) in [5.41, 5.74) is 0.839. The summed E-state index contributed by atoms with van der Waals surface area (Å²) >= 11 is 6.74. The number of carboxylic acids is 1. The number of carbonyl (C=O) groups excluding carboxylic acids is 1. The maximum Gasteiger partial charge on any atom is 0.213 e. The van der Waals surface area contributed by atoms with Crippen LogP contribution in [0.5, 0.6) is 0 Å². The fourth-order valence-electron chi connectivity index (χ4n) is 1.93. The summed E-state index contributed by atoms with van der Waals surface area (Å²) in [6, 6.07) is 10.6. The molecule has 2 heterocycles. The van der Waals surface area contributed by atoms with Gasteiger partial charge in [0.2, 0.25) is 5.16 Å². The normalized spacial score (nSPS) is 11.7. The number of halogens is 1. The fourth-order valence-corrected chi connectivity index (χ4v) is 2.78. The maximum absolute atomic E-state index is 11.3. The zero-order chi connectivity index (χ0) is 17.1. The number of furan rings is 1. The van der Waals surface area contributed by atoms with Crippen molar-refractivity contribution in [1.29, 1.82) is 0 Å². The van der Waals surface area contributed by atoms with Gasteiger partial charge < -0.3 is 14.3 Å². The molecule has 0 aliphatic rings. The molecule has 3 aromatic rings. The fraction of sp³-hybridized carbons (Fsp3) is 0.0625. The number of aliphatic carboxylic acids is 1. The number of aromatic nitrogens is 3. The molecule has 0 unspecified atom stereocenters. The highest BCUT2D eigenvalue weighted by Crippen LogP contribution is 2.28. The highest BCUT2D eigenvalue weighted by Gasteiger charge is 2.09. The lowest BCUT2D eigenvalue weighted by molar-refractivity contribution is -0.298. The van der Waals surface area contributed by atoms with Crippen molar-refractivity contribution in [2.45, 2.75) is 12.1 Å². The molecule has 2 aromatic heterocycles. The van der Waals surface area contributed by atoms with Crippen LogP contribution in [0.4, 0.5) is 0 Å². The number of nitrogens with one attached hydrogen (secondary N) is 1. The molecule has 6 nitrogen and oxygen atoms in total. The second-order valence-electron chi connectivity index (χ2n) is 4.81. The van der Waals surface area contributed by atoms with E-state index in [4.69, 9.17) is 16.0 Å². The lowest BCUT2D eigenvalue weighted by Crippen LogP contribution is -2.23. The molecule has 0 aliphatic heterocycles. The van der Waals surface area contributed by atoms with Crippen molar-refractivity contribution >= 4 is 35.4 Å². The molecule has 122 valence electrons. The first-order chi connectivity index (χ1) is 11.5. The Labute approximate surface area is 146 Å². The number of carbonyl (C=O) groups is 1. The van der Waals surface area contributed by atoms with Crippen LogP contribution in [0.1, 0.15) is 11.6 Å². The first kappa shape index (κ1) is 16.4. The summed E-state index contributed by atoms with van der Waals surface area (Å²) in [6.07, 6.45) is 1.38. The van der Waals surface area contributed by atoms with Gasteiger partial charge in [0.15, 0.2) is 0 Å². The third kappa shape index (κ3) is 3.87. The molecule has 0 aliphatic carbocycles. The standard InChI is InChI=1S/C16H12ClN3O3S/c1-9-18-16(20-19-9)24-14(15(21)22)8-12-6-7-13(23-12)10-2-4-11(17)5-3-10/h2-8H,1H3,(H,21,22)(H,18,19,20)/p-1/b14-8-. The number of aromatic amines is 1. The van der Waals surface area contributed by atoms with Crippen LogP contribution in [-0.4, -0.2) is 21.2 Å². The molecule has 1 N–H and O–H groups in total. The predicted octanol–water partition coefficient (Wildman–Crippen LogP) is 2.91. The SMILES string of the molecule is Cc1nc(S/C(=C\c2ccc(-c3ccc(Cl)cc3)o2)C(=O)[O-])n[nH]1. The van der Waals surface area contributed by atoms with Gasteiger partial charge in [0, 0.05) is 15.5 Å². The first-order valence-electron chi connectivity index (χ1n) is 6.87. The molecule has 8 heteroatoms.